The van der Waals surface area contributed by atoms with Crippen molar-refractivity contribution < 1.29 is 23.8 Å². The third-order valence-corrected chi connectivity index (χ3v) is 4.61. The first-order valence-electron chi connectivity index (χ1n) is 9.06. The summed E-state index contributed by atoms with van der Waals surface area (Å²) < 4.78 is 16.3. The van der Waals surface area contributed by atoms with Gasteiger partial charge in [0.15, 0.2) is 17.6 Å². The van der Waals surface area contributed by atoms with Crippen LogP contribution in [-0.2, 0) is 16.0 Å². The second kappa shape index (κ2) is 8.65. The fraction of sp³-hybridized carbons (Fsp3) is 0.333. The Morgan fingerprint density at radius 2 is 1.89 bits per heavy atom. The Morgan fingerprint density at radius 1 is 1.14 bits per heavy atom. The molecule has 0 saturated heterocycles. The third-order valence-electron chi connectivity index (χ3n) is 4.61. The summed E-state index contributed by atoms with van der Waals surface area (Å²) in [6.45, 7) is 2.11. The first-order chi connectivity index (χ1) is 13.5. The molecule has 2 aromatic carbocycles. The number of anilines is 1. The molecule has 1 unspecified atom stereocenters. The van der Waals surface area contributed by atoms with Gasteiger partial charge in [0.25, 0.3) is 5.91 Å². The number of para-hydroxylation sites is 2. The molecule has 7 nitrogen and oxygen atoms in total. The van der Waals surface area contributed by atoms with Crippen LogP contribution in [0.2, 0.25) is 0 Å². The Hall–Kier alpha value is -3.22. The standard InChI is InChI=1S/C21H24N2O5/c1-14(24)23-13-20(28-17-7-5-4-6-16(17)23)21(25)22-11-10-15-8-9-18(26-2)19(12-15)27-3/h4-9,12,20H,10-11,13H2,1-3H3,(H,22,25). The van der Waals surface area contributed by atoms with Crippen LogP contribution in [0.15, 0.2) is 42.5 Å². The van der Waals surface area contributed by atoms with Crippen molar-refractivity contribution in [3.05, 3.63) is 48.0 Å². The van der Waals surface area contributed by atoms with Crippen molar-refractivity contribution in [1.82, 2.24) is 5.32 Å². The maximum atomic E-state index is 12.6. The molecule has 1 aliphatic rings. The van der Waals surface area contributed by atoms with E-state index in [9.17, 15) is 9.59 Å². The van der Waals surface area contributed by atoms with E-state index in [-0.39, 0.29) is 18.4 Å². The highest BCUT2D eigenvalue weighted by Crippen LogP contribution is 2.33. The van der Waals surface area contributed by atoms with Crippen molar-refractivity contribution in [2.75, 3.05) is 32.2 Å². The van der Waals surface area contributed by atoms with Crippen molar-refractivity contribution in [1.29, 1.82) is 0 Å². The fourth-order valence-corrected chi connectivity index (χ4v) is 3.15. The Kier molecular flexibility index (Phi) is 6.03. The van der Waals surface area contributed by atoms with Crippen LogP contribution in [0.1, 0.15) is 12.5 Å². The Balaban J connectivity index is 1.60. The summed E-state index contributed by atoms with van der Waals surface area (Å²) >= 11 is 0. The van der Waals surface area contributed by atoms with Gasteiger partial charge in [0.1, 0.15) is 5.75 Å². The molecule has 2 aromatic rings. The molecule has 1 atom stereocenters. The summed E-state index contributed by atoms with van der Waals surface area (Å²) in [6, 6.07) is 12.9. The van der Waals surface area contributed by atoms with Crippen LogP contribution in [0.25, 0.3) is 0 Å². The molecule has 1 N–H and O–H groups in total. The Morgan fingerprint density at radius 3 is 2.61 bits per heavy atom. The molecule has 0 bridgehead atoms. The largest absolute Gasteiger partial charge is 0.493 e. The molecule has 0 spiro atoms. The quantitative estimate of drug-likeness (QED) is 0.826. The van der Waals surface area contributed by atoms with Crippen LogP contribution >= 0.6 is 0 Å². The Labute approximate surface area is 164 Å². The minimum Gasteiger partial charge on any atom is -0.493 e. The van der Waals surface area contributed by atoms with Crippen molar-refractivity contribution in [3.8, 4) is 17.2 Å². The van der Waals surface area contributed by atoms with Crippen LogP contribution in [-0.4, -0.2) is 45.2 Å². The smallest absolute Gasteiger partial charge is 0.262 e. The molecule has 28 heavy (non-hydrogen) atoms. The number of nitrogens with zero attached hydrogens (tertiary/aromatic N) is 1. The number of carbonyl (C=O) groups excluding carboxylic acids is 2. The van der Waals surface area contributed by atoms with E-state index < -0.39 is 6.10 Å². The molecular formula is C21H24N2O5. The second-order valence-corrected chi connectivity index (χ2v) is 6.43. The summed E-state index contributed by atoms with van der Waals surface area (Å²) in [4.78, 5) is 26.1. The monoisotopic (exact) mass is 384 g/mol. The lowest BCUT2D eigenvalue weighted by molar-refractivity contribution is -0.128. The van der Waals surface area contributed by atoms with E-state index in [0.717, 1.165) is 5.56 Å². The molecule has 0 radical (unpaired) electrons. The molecule has 0 aliphatic carbocycles. The molecular weight excluding hydrogens is 360 g/mol. The van der Waals surface area contributed by atoms with Gasteiger partial charge in [-0.3, -0.25) is 9.59 Å². The fourth-order valence-electron chi connectivity index (χ4n) is 3.15. The zero-order chi connectivity index (χ0) is 20.1. The van der Waals surface area contributed by atoms with Gasteiger partial charge in [-0.2, -0.15) is 0 Å². The maximum Gasteiger partial charge on any atom is 0.262 e. The highest BCUT2D eigenvalue weighted by atomic mass is 16.5. The topological polar surface area (TPSA) is 77.1 Å². The van der Waals surface area contributed by atoms with Crippen molar-refractivity contribution >= 4 is 17.5 Å². The normalized spacial score (nSPS) is 15.2. The van der Waals surface area contributed by atoms with Gasteiger partial charge in [-0.25, -0.2) is 0 Å². The van der Waals surface area contributed by atoms with E-state index >= 15 is 0 Å². The predicted octanol–water partition coefficient (Wildman–Crippen LogP) is 2.18. The van der Waals surface area contributed by atoms with Crippen molar-refractivity contribution in [2.24, 2.45) is 0 Å². The molecule has 2 amide bonds. The second-order valence-electron chi connectivity index (χ2n) is 6.43. The van der Waals surface area contributed by atoms with Gasteiger partial charge < -0.3 is 24.4 Å². The predicted molar refractivity (Wildman–Crippen MR) is 105 cm³/mol. The Bertz CT molecular complexity index is 868. The van der Waals surface area contributed by atoms with Gasteiger partial charge in [-0.1, -0.05) is 18.2 Å². The number of benzene rings is 2. The summed E-state index contributed by atoms with van der Waals surface area (Å²) in [6.07, 6.45) is -0.115. The van der Waals surface area contributed by atoms with Gasteiger partial charge in [0.05, 0.1) is 26.5 Å². The van der Waals surface area contributed by atoms with Gasteiger partial charge in [0.2, 0.25) is 5.91 Å². The van der Waals surface area contributed by atoms with Crippen LogP contribution in [0.3, 0.4) is 0 Å². The zero-order valence-corrected chi connectivity index (χ0v) is 16.2. The molecule has 3 rings (SSSR count). The number of carbonyl (C=O) groups is 2. The average molecular weight is 384 g/mol. The molecule has 0 fully saturated rings. The first kappa shape index (κ1) is 19.5. The number of fused-ring (bicyclic) bond motifs is 1. The minimum absolute atomic E-state index is 0.126. The molecule has 0 saturated carbocycles. The summed E-state index contributed by atoms with van der Waals surface area (Å²) in [5.41, 5.74) is 1.70. The summed E-state index contributed by atoms with van der Waals surface area (Å²) in [5, 5.41) is 2.88. The maximum absolute atomic E-state index is 12.6. The third kappa shape index (κ3) is 4.19. The minimum atomic E-state index is -0.746. The van der Waals surface area contributed by atoms with Gasteiger partial charge in [-0.15, -0.1) is 0 Å². The lowest BCUT2D eigenvalue weighted by Crippen LogP contribution is -2.50. The molecule has 1 heterocycles. The van der Waals surface area contributed by atoms with Crippen LogP contribution in [0.5, 0.6) is 17.2 Å². The van der Waals surface area contributed by atoms with Crippen LogP contribution in [0, 0.1) is 0 Å². The van der Waals surface area contributed by atoms with Gasteiger partial charge >= 0.3 is 0 Å². The summed E-state index contributed by atoms with van der Waals surface area (Å²) in [5.74, 6) is 1.47. The lowest BCUT2D eigenvalue weighted by Gasteiger charge is -2.33. The van der Waals surface area contributed by atoms with E-state index in [2.05, 4.69) is 5.32 Å². The molecule has 0 aromatic heterocycles. The number of methoxy groups -OCH3 is 2. The SMILES string of the molecule is COc1ccc(CCNC(=O)C2CN(C(C)=O)c3ccccc3O2)cc1OC. The zero-order valence-electron chi connectivity index (χ0n) is 16.2. The number of amides is 2. The summed E-state index contributed by atoms with van der Waals surface area (Å²) in [7, 11) is 3.17. The van der Waals surface area contributed by atoms with E-state index in [1.54, 1.807) is 25.2 Å². The van der Waals surface area contributed by atoms with E-state index in [1.165, 1.54) is 6.92 Å². The van der Waals surface area contributed by atoms with E-state index in [1.807, 2.05) is 36.4 Å². The van der Waals surface area contributed by atoms with Gasteiger partial charge in [0, 0.05) is 13.5 Å². The van der Waals surface area contributed by atoms with E-state index in [0.29, 0.717) is 35.9 Å². The van der Waals surface area contributed by atoms with Crippen LogP contribution in [0.4, 0.5) is 5.69 Å². The van der Waals surface area contributed by atoms with Gasteiger partial charge in [-0.05, 0) is 36.2 Å². The first-order valence-corrected chi connectivity index (χ1v) is 9.06. The highest BCUT2D eigenvalue weighted by molar-refractivity contribution is 5.95. The molecule has 7 heteroatoms. The number of rotatable bonds is 6. The molecule has 1 aliphatic heterocycles. The number of hydrogen-bond donors (Lipinski definition) is 1. The average Bonchev–Trinajstić information content (AvgIpc) is 2.72. The lowest BCUT2D eigenvalue weighted by atomic mass is 10.1. The number of ether oxygens (including phenoxy) is 3. The molecule has 148 valence electrons. The highest BCUT2D eigenvalue weighted by Gasteiger charge is 2.32. The number of hydrogen-bond acceptors (Lipinski definition) is 5. The number of nitrogens with one attached hydrogen (secondary N) is 1. The van der Waals surface area contributed by atoms with Crippen molar-refractivity contribution in [2.45, 2.75) is 19.4 Å². The van der Waals surface area contributed by atoms with E-state index in [4.69, 9.17) is 14.2 Å². The van der Waals surface area contributed by atoms with Crippen molar-refractivity contribution in [3.63, 3.8) is 0 Å². The van der Waals surface area contributed by atoms with Crippen LogP contribution < -0.4 is 24.4 Å².